The Kier molecular flexibility index (Phi) is 2.14. The first-order valence-corrected chi connectivity index (χ1v) is 5.24. The zero-order valence-electron chi connectivity index (χ0n) is 7.08. The van der Waals surface area contributed by atoms with Gasteiger partial charge in [0.15, 0.2) is 0 Å². The Bertz CT molecular complexity index is 500. The summed E-state index contributed by atoms with van der Waals surface area (Å²) in [5, 5.41) is 0. The minimum absolute atomic E-state index is 0.0132. The van der Waals surface area contributed by atoms with Gasteiger partial charge in [-0.3, -0.25) is 9.36 Å². The summed E-state index contributed by atoms with van der Waals surface area (Å²) in [6.45, 7) is 1.98. The molecule has 13 heavy (non-hydrogen) atoms. The maximum absolute atomic E-state index is 11.4. The summed E-state index contributed by atoms with van der Waals surface area (Å²) in [6.07, 6.45) is 0. The number of benzene rings is 1. The van der Waals surface area contributed by atoms with E-state index in [-0.39, 0.29) is 10.9 Å². The lowest BCUT2D eigenvalue weighted by Crippen LogP contribution is -2.09. The maximum Gasteiger partial charge on any atom is 0.309 e. The number of aryl methyl sites for hydroxylation is 1. The van der Waals surface area contributed by atoms with Crippen molar-refractivity contribution in [2.24, 2.45) is 0 Å². The minimum Gasteiger partial charge on any atom is -0.284 e. The van der Waals surface area contributed by atoms with E-state index in [4.69, 9.17) is 11.6 Å². The SMILES string of the molecule is Cc1cccc2sc(=O)n(CCl)c12. The molecule has 1 heterocycles. The lowest BCUT2D eigenvalue weighted by atomic mass is 10.2. The van der Waals surface area contributed by atoms with Crippen LogP contribution < -0.4 is 4.87 Å². The average molecular weight is 214 g/mol. The molecule has 68 valence electrons. The normalized spacial score (nSPS) is 10.9. The molecule has 2 rings (SSSR count). The third-order valence-electron chi connectivity index (χ3n) is 2.01. The lowest BCUT2D eigenvalue weighted by Gasteiger charge is -1.99. The van der Waals surface area contributed by atoms with E-state index < -0.39 is 0 Å². The molecule has 0 aliphatic heterocycles. The van der Waals surface area contributed by atoms with E-state index in [1.165, 1.54) is 11.3 Å². The van der Waals surface area contributed by atoms with Gasteiger partial charge in [-0.05, 0) is 18.6 Å². The number of rotatable bonds is 1. The number of para-hydroxylation sites is 1. The van der Waals surface area contributed by atoms with Crippen molar-refractivity contribution in [1.82, 2.24) is 4.57 Å². The van der Waals surface area contributed by atoms with Crippen LogP contribution in [0.15, 0.2) is 23.0 Å². The second-order valence-electron chi connectivity index (χ2n) is 2.84. The maximum atomic E-state index is 11.4. The summed E-state index contributed by atoms with van der Waals surface area (Å²) in [4.78, 5) is 11.4. The summed E-state index contributed by atoms with van der Waals surface area (Å²) in [6, 6.07) is 6.10. The topological polar surface area (TPSA) is 22.0 Å². The summed E-state index contributed by atoms with van der Waals surface area (Å²) in [5.74, 6) is 0. The summed E-state index contributed by atoms with van der Waals surface area (Å²) in [7, 11) is 0. The summed E-state index contributed by atoms with van der Waals surface area (Å²) < 4.78 is 2.60. The van der Waals surface area contributed by atoms with Gasteiger partial charge in [-0.2, -0.15) is 0 Å². The lowest BCUT2D eigenvalue weighted by molar-refractivity contribution is 0.900. The van der Waals surface area contributed by atoms with Gasteiger partial charge in [0.1, 0.15) is 6.00 Å². The van der Waals surface area contributed by atoms with Crippen molar-refractivity contribution in [2.75, 3.05) is 0 Å². The molecule has 0 bridgehead atoms. The zero-order chi connectivity index (χ0) is 9.42. The van der Waals surface area contributed by atoms with E-state index in [2.05, 4.69) is 0 Å². The quantitative estimate of drug-likeness (QED) is 0.668. The molecule has 0 aliphatic rings. The van der Waals surface area contributed by atoms with E-state index in [0.717, 1.165) is 15.8 Å². The Hall–Kier alpha value is -0.800. The Morgan fingerprint density at radius 1 is 1.54 bits per heavy atom. The Labute approximate surface area is 84.4 Å². The van der Waals surface area contributed by atoms with Gasteiger partial charge < -0.3 is 0 Å². The van der Waals surface area contributed by atoms with Gasteiger partial charge in [0, 0.05) is 0 Å². The molecule has 0 atom stereocenters. The van der Waals surface area contributed by atoms with Gasteiger partial charge in [-0.15, -0.1) is 11.6 Å². The first-order chi connectivity index (χ1) is 6.24. The van der Waals surface area contributed by atoms with Gasteiger partial charge in [-0.1, -0.05) is 23.5 Å². The molecule has 0 amide bonds. The molecule has 0 fully saturated rings. The molecule has 0 radical (unpaired) electrons. The van der Waals surface area contributed by atoms with Crippen LogP contribution in [0.25, 0.3) is 10.2 Å². The molecular formula is C9H8ClNOS. The van der Waals surface area contributed by atoms with Gasteiger partial charge in [0.25, 0.3) is 0 Å². The van der Waals surface area contributed by atoms with Gasteiger partial charge >= 0.3 is 4.87 Å². The number of alkyl halides is 1. The fraction of sp³-hybridized carbons (Fsp3) is 0.222. The van der Waals surface area contributed by atoms with Crippen LogP contribution in [0.5, 0.6) is 0 Å². The highest BCUT2D eigenvalue weighted by molar-refractivity contribution is 7.16. The fourth-order valence-corrected chi connectivity index (χ4v) is 2.68. The Morgan fingerprint density at radius 2 is 2.31 bits per heavy atom. The zero-order valence-corrected chi connectivity index (χ0v) is 8.65. The number of aromatic nitrogens is 1. The monoisotopic (exact) mass is 213 g/mol. The third kappa shape index (κ3) is 1.28. The standard InChI is InChI=1S/C9H8ClNOS/c1-6-3-2-4-7-8(6)11(5-10)9(12)13-7/h2-4H,5H2,1H3. The van der Waals surface area contributed by atoms with Crippen molar-refractivity contribution >= 4 is 33.2 Å². The molecule has 0 spiro atoms. The van der Waals surface area contributed by atoms with E-state index >= 15 is 0 Å². The van der Waals surface area contributed by atoms with Crippen molar-refractivity contribution < 1.29 is 0 Å². The minimum atomic E-state index is 0.0132. The van der Waals surface area contributed by atoms with Crippen LogP contribution in [0.4, 0.5) is 0 Å². The van der Waals surface area contributed by atoms with E-state index in [0.29, 0.717) is 0 Å². The number of halogens is 1. The van der Waals surface area contributed by atoms with Crippen LogP contribution in [-0.2, 0) is 6.00 Å². The Balaban J connectivity index is 2.96. The molecule has 0 N–H and O–H groups in total. The summed E-state index contributed by atoms with van der Waals surface area (Å²) >= 11 is 6.93. The van der Waals surface area contributed by atoms with Crippen LogP contribution in [0, 0.1) is 6.92 Å². The van der Waals surface area contributed by atoms with Crippen LogP contribution in [-0.4, -0.2) is 4.57 Å². The highest BCUT2D eigenvalue weighted by Gasteiger charge is 2.07. The predicted octanol–water partition coefficient (Wildman–Crippen LogP) is 2.57. The van der Waals surface area contributed by atoms with Crippen LogP contribution in [0.1, 0.15) is 5.56 Å². The van der Waals surface area contributed by atoms with Crippen molar-refractivity contribution in [2.45, 2.75) is 12.9 Å². The Morgan fingerprint density at radius 3 is 3.00 bits per heavy atom. The predicted molar refractivity (Wildman–Crippen MR) is 56.7 cm³/mol. The van der Waals surface area contributed by atoms with E-state index in [9.17, 15) is 4.79 Å². The number of hydrogen-bond donors (Lipinski definition) is 0. The van der Waals surface area contributed by atoms with Crippen LogP contribution in [0.2, 0.25) is 0 Å². The molecule has 2 aromatic rings. The molecule has 0 saturated carbocycles. The van der Waals surface area contributed by atoms with E-state index in [1.54, 1.807) is 4.57 Å². The molecule has 1 aromatic carbocycles. The third-order valence-corrected chi connectivity index (χ3v) is 3.19. The molecule has 0 saturated heterocycles. The van der Waals surface area contributed by atoms with Crippen molar-refractivity contribution in [3.63, 3.8) is 0 Å². The number of fused-ring (bicyclic) bond motifs is 1. The smallest absolute Gasteiger partial charge is 0.284 e. The highest BCUT2D eigenvalue weighted by atomic mass is 35.5. The number of hydrogen-bond acceptors (Lipinski definition) is 2. The second kappa shape index (κ2) is 3.16. The molecule has 2 nitrogen and oxygen atoms in total. The summed E-state index contributed by atoms with van der Waals surface area (Å²) in [5.41, 5.74) is 2.06. The van der Waals surface area contributed by atoms with Crippen molar-refractivity contribution in [3.05, 3.63) is 33.4 Å². The number of nitrogens with zero attached hydrogens (tertiary/aromatic N) is 1. The highest BCUT2D eigenvalue weighted by Crippen LogP contribution is 2.20. The second-order valence-corrected chi connectivity index (χ2v) is 4.07. The molecule has 0 aliphatic carbocycles. The van der Waals surface area contributed by atoms with Gasteiger partial charge in [-0.25, -0.2) is 0 Å². The van der Waals surface area contributed by atoms with Crippen LogP contribution >= 0.6 is 22.9 Å². The molecule has 0 unspecified atom stereocenters. The number of thiazole rings is 1. The first kappa shape index (κ1) is 8.78. The molecule has 4 heteroatoms. The fourth-order valence-electron chi connectivity index (χ4n) is 1.41. The average Bonchev–Trinajstić information content (AvgIpc) is 2.42. The molecular weight excluding hydrogens is 206 g/mol. The largest absolute Gasteiger partial charge is 0.309 e. The van der Waals surface area contributed by atoms with Gasteiger partial charge in [0.2, 0.25) is 0 Å². The van der Waals surface area contributed by atoms with Gasteiger partial charge in [0.05, 0.1) is 10.2 Å². The first-order valence-electron chi connectivity index (χ1n) is 3.89. The molecule has 1 aromatic heterocycles. The van der Waals surface area contributed by atoms with Crippen molar-refractivity contribution in [1.29, 1.82) is 0 Å². The van der Waals surface area contributed by atoms with E-state index in [1.807, 2.05) is 25.1 Å². The van der Waals surface area contributed by atoms with Crippen molar-refractivity contribution in [3.8, 4) is 0 Å². The van der Waals surface area contributed by atoms with Crippen LogP contribution in [0.3, 0.4) is 0 Å².